The highest BCUT2D eigenvalue weighted by molar-refractivity contribution is 5.52. The van der Waals surface area contributed by atoms with Gasteiger partial charge in [0.2, 0.25) is 11.9 Å². The second-order valence-corrected chi connectivity index (χ2v) is 7.28. The number of hydrogen-bond donors (Lipinski definition) is 0. The van der Waals surface area contributed by atoms with Crippen LogP contribution in [0, 0.1) is 0 Å². The number of aromatic nitrogens is 6. The second kappa shape index (κ2) is 8.44. The molecule has 2 fully saturated rings. The maximum Gasteiger partial charge on any atom is 0.225 e. The van der Waals surface area contributed by atoms with E-state index >= 15 is 0 Å². The van der Waals surface area contributed by atoms with Gasteiger partial charge in [0.1, 0.15) is 18.0 Å². The molecule has 2 aliphatic rings. The van der Waals surface area contributed by atoms with Crippen LogP contribution in [0.3, 0.4) is 0 Å². The van der Waals surface area contributed by atoms with E-state index in [4.69, 9.17) is 0 Å². The summed E-state index contributed by atoms with van der Waals surface area (Å²) in [6, 6.07) is 5.78. The van der Waals surface area contributed by atoms with Gasteiger partial charge in [0.15, 0.2) is 0 Å². The smallest absolute Gasteiger partial charge is 0.225 e. The van der Waals surface area contributed by atoms with E-state index in [-0.39, 0.29) is 0 Å². The molecule has 5 heterocycles. The van der Waals surface area contributed by atoms with Crippen LogP contribution in [0.5, 0.6) is 0 Å². The summed E-state index contributed by atoms with van der Waals surface area (Å²) in [5, 5.41) is 0. The van der Waals surface area contributed by atoms with Gasteiger partial charge in [0.05, 0.1) is 0 Å². The summed E-state index contributed by atoms with van der Waals surface area (Å²) in [5.41, 5.74) is 0. The van der Waals surface area contributed by atoms with Gasteiger partial charge in [0.25, 0.3) is 0 Å². The van der Waals surface area contributed by atoms with Crippen molar-refractivity contribution in [2.75, 3.05) is 72.0 Å². The van der Waals surface area contributed by atoms with Crippen LogP contribution in [0.2, 0.25) is 0 Å². The molecule has 3 aromatic heterocycles. The summed E-state index contributed by atoms with van der Waals surface area (Å²) in [6.07, 6.45) is 8.82. The van der Waals surface area contributed by atoms with Gasteiger partial charge >= 0.3 is 0 Å². The first-order valence-corrected chi connectivity index (χ1v) is 10.2. The van der Waals surface area contributed by atoms with E-state index in [2.05, 4.69) is 55.6 Å². The van der Waals surface area contributed by atoms with Crippen molar-refractivity contribution in [3.8, 4) is 0 Å². The molecule has 10 heteroatoms. The first-order valence-electron chi connectivity index (χ1n) is 10.2. The van der Waals surface area contributed by atoms with E-state index in [1.54, 1.807) is 31.1 Å². The van der Waals surface area contributed by atoms with E-state index in [1.165, 1.54) is 0 Å². The minimum atomic E-state index is 0.792. The van der Waals surface area contributed by atoms with Crippen molar-refractivity contribution in [1.29, 1.82) is 0 Å². The maximum atomic E-state index is 4.53. The molecular formula is C20H24N10. The Kier molecular flexibility index (Phi) is 5.19. The van der Waals surface area contributed by atoms with Gasteiger partial charge < -0.3 is 19.6 Å². The Morgan fingerprint density at radius 3 is 1.23 bits per heavy atom. The van der Waals surface area contributed by atoms with Gasteiger partial charge in [-0.05, 0) is 12.1 Å². The number of rotatable bonds is 4. The lowest BCUT2D eigenvalue weighted by molar-refractivity contribution is 0.626. The number of hydrogen-bond acceptors (Lipinski definition) is 10. The number of nitrogens with zero attached hydrogens (tertiary/aromatic N) is 10. The van der Waals surface area contributed by atoms with Crippen LogP contribution in [0.15, 0.2) is 49.3 Å². The maximum absolute atomic E-state index is 4.53. The normalized spacial score (nSPS) is 17.3. The summed E-state index contributed by atoms with van der Waals surface area (Å²) in [5.74, 6) is 3.53. The summed E-state index contributed by atoms with van der Waals surface area (Å²) >= 11 is 0. The summed E-state index contributed by atoms with van der Waals surface area (Å²) in [6.45, 7) is 7.03. The van der Waals surface area contributed by atoms with Gasteiger partial charge in [-0.25, -0.2) is 29.9 Å². The molecule has 154 valence electrons. The fraction of sp³-hybridized carbons (Fsp3) is 0.400. The Morgan fingerprint density at radius 2 is 0.833 bits per heavy atom. The first kappa shape index (κ1) is 18.5. The SMILES string of the molecule is c1cnc(N2CCN(c3cc(N4CCN(c5ncccn5)CC4)ncn3)CC2)nc1. The van der Waals surface area contributed by atoms with Crippen LogP contribution in [0.4, 0.5) is 23.5 Å². The average Bonchev–Trinajstić information content (AvgIpc) is 2.85. The van der Waals surface area contributed by atoms with Crippen molar-refractivity contribution in [3.63, 3.8) is 0 Å². The quantitative estimate of drug-likeness (QED) is 0.619. The molecule has 2 aliphatic heterocycles. The Bertz CT molecular complexity index is 863. The van der Waals surface area contributed by atoms with E-state index < -0.39 is 0 Å². The lowest BCUT2D eigenvalue weighted by Gasteiger charge is -2.37. The van der Waals surface area contributed by atoms with E-state index in [9.17, 15) is 0 Å². The molecule has 0 bridgehead atoms. The predicted octanol–water partition coefficient (Wildman–Crippen LogP) is 0.710. The van der Waals surface area contributed by atoms with E-state index in [0.717, 1.165) is 75.9 Å². The van der Waals surface area contributed by atoms with Crippen molar-refractivity contribution >= 4 is 23.5 Å². The molecule has 0 aromatic carbocycles. The lowest BCUT2D eigenvalue weighted by atomic mass is 10.3. The highest BCUT2D eigenvalue weighted by Crippen LogP contribution is 2.21. The topological polar surface area (TPSA) is 90.3 Å². The van der Waals surface area contributed by atoms with Crippen LogP contribution < -0.4 is 19.6 Å². The highest BCUT2D eigenvalue weighted by Gasteiger charge is 2.23. The van der Waals surface area contributed by atoms with Crippen LogP contribution >= 0.6 is 0 Å². The fourth-order valence-corrected chi connectivity index (χ4v) is 3.86. The van der Waals surface area contributed by atoms with Gasteiger partial charge in [-0.2, -0.15) is 0 Å². The Balaban J connectivity index is 1.20. The van der Waals surface area contributed by atoms with Gasteiger partial charge in [0, 0.05) is 83.2 Å². The molecule has 10 nitrogen and oxygen atoms in total. The van der Waals surface area contributed by atoms with E-state index in [1.807, 2.05) is 12.1 Å². The van der Waals surface area contributed by atoms with Gasteiger partial charge in [-0.15, -0.1) is 0 Å². The van der Waals surface area contributed by atoms with Crippen LogP contribution in [0.1, 0.15) is 0 Å². The van der Waals surface area contributed by atoms with Crippen molar-refractivity contribution in [2.45, 2.75) is 0 Å². The second-order valence-electron chi connectivity index (χ2n) is 7.28. The van der Waals surface area contributed by atoms with Crippen LogP contribution in [-0.4, -0.2) is 82.3 Å². The first-order chi connectivity index (χ1) is 14.9. The monoisotopic (exact) mass is 404 g/mol. The largest absolute Gasteiger partial charge is 0.353 e. The molecule has 0 unspecified atom stereocenters. The predicted molar refractivity (Wildman–Crippen MR) is 115 cm³/mol. The minimum absolute atomic E-state index is 0.792. The fourth-order valence-electron chi connectivity index (χ4n) is 3.86. The molecule has 0 spiro atoms. The van der Waals surface area contributed by atoms with Crippen LogP contribution in [-0.2, 0) is 0 Å². The molecule has 2 saturated heterocycles. The average molecular weight is 404 g/mol. The van der Waals surface area contributed by atoms with Crippen molar-refractivity contribution < 1.29 is 0 Å². The van der Waals surface area contributed by atoms with Crippen molar-refractivity contribution in [1.82, 2.24) is 29.9 Å². The van der Waals surface area contributed by atoms with E-state index in [0.29, 0.717) is 0 Å². The molecule has 0 saturated carbocycles. The Hall–Kier alpha value is -3.56. The molecule has 0 N–H and O–H groups in total. The number of piperazine rings is 2. The number of anilines is 4. The molecule has 5 rings (SSSR count). The van der Waals surface area contributed by atoms with Crippen molar-refractivity contribution in [3.05, 3.63) is 49.3 Å². The summed E-state index contributed by atoms with van der Waals surface area (Å²) in [4.78, 5) is 35.5. The molecule has 0 amide bonds. The zero-order valence-corrected chi connectivity index (χ0v) is 16.7. The van der Waals surface area contributed by atoms with Crippen LogP contribution in [0.25, 0.3) is 0 Å². The summed E-state index contributed by atoms with van der Waals surface area (Å²) < 4.78 is 0. The molecule has 0 radical (unpaired) electrons. The molecule has 0 aliphatic carbocycles. The standard InChI is InChI=1S/C20H24N10/c1-3-21-19(22-4-1)29-11-7-27(8-12-29)17-15-18(26-16-25-17)28-9-13-30(14-10-28)20-23-5-2-6-24-20/h1-6,15-16H,7-14H2. The molecule has 0 atom stereocenters. The van der Waals surface area contributed by atoms with Gasteiger partial charge in [-0.3, -0.25) is 0 Å². The zero-order chi connectivity index (χ0) is 20.2. The third-order valence-electron chi connectivity index (χ3n) is 5.52. The zero-order valence-electron chi connectivity index (χ0n) is 16.7. The van der Waals surface area contributed by atoms with Gasteiger partial charge in [-0.1, -0.05) is 0 Å². The van der Waals surface area contributed by atoms with Crippen molar-refractivity contribution in [2.24, 2.45) is 0 Å². The Labute approximate surface area is 175 Å². The molecular weight excluding hydrogens is 380 g/mol. The molecule has 3 aromatic rings. The molecule has 30 heavy (non-hydrogen) atoms. The highest BCUT2D eigenvalue weighted by atomic mass is 15.4. The Morgan fingerprint density at radius 1 is 0.467 bits per heavy atom. The minimum Gasteiger partial charge on any atom is -0.353 e. The third-order valence-corrected chi connectivity index (χ3v) is 5.52. The third kappa shape index (κ3) is 3.93. The summed E-state index contributed by atoms with van der Waals surface area (Å²) in [7, 11) is 0. The lowest BCUT2D eigenvalue weighted by Crippen LogP contribution is -2.48.